The number of hydrogen-bond donors (Lipinski definition) is 3. The zero-order chi connectivity index (χ0) is 11.3. The predicted octanol–water partition coefficient (Wildman–Crippen LogP) is 0.511. The lowest BCUT2D eigenvalue weighted by molar-refractivity contribution is 0.249. The first-order valence-electron chi connectivity index (χ1n) is 4.48. The zero-order valence-electron chi connectivity index (χ0n) is 8.40. The van der Waals surface area contributed by atoms with Crippen molar-refractivity contribution in [2.24, 2.45) is 5.73 Å². The van der Waals surface area contributed by atoms with E-state index in [1.165, 1.54) is 6.20 Å². The first-order chi connectivity index (χ1) is 7.16. The van der Waals surface area contributed by atoms with Crippen molar-refractivity contribution in [3.63, 3.8) is 0 Å². The fraction of sp³-hybridized carbons (Fsp3) is 0.222. The van der Waals surface area contributed by atoms with Gasteiger partial charge < -0.3 is 11.1 Å². The van der Waals surface area contributed by atoms with Gasteiger partial charge in [-0.3, -0.25) is 10.4 Å². The molecule has 80 valence electrons. The molecule has 1 heterocycles. The standard InChI is InChI=1S/C9H13N5O/c1-2-13-9(15)14(8(10)11)7-4-3-5-12-6-7/h3-6H,2H2,1H3,(H3,10,11)(H,13,15). The number of nitrogens with one attached hydrogen (secondary N) is 2. The van der Waals surface area contributed by atoms with Crippen LogP contribution in [0, 0.1) is 5.41 Å². The van der Waals surface area contributed by atoms with E-state index in [9.17, 15) is 4.79 Å². The monoisotopic (exact) mass is 207 g/mol. The summed E-state index contributed by atoms with van der Waals surface area (Å²) in [5, 5.41) is 9.88. The molecule has 15 heavy (non-hydrogen) atoms. The summed E-state index contributed by atoms with van der Waals surface area (Å²) < 4.78 is 0. The average molecular weight is 207 g/mol. The molecule has 0 radical (unpaired) electrons. The lowest BCUT2D eigenvalue weighted by Gasteiger charge is -2.19. The highest BCUT2D eigenvalue weighted by molar-refractivity contribution is 6.13. The molecule has 1 rings (SSSR count). The number of nitrogens with zero attached hydrogens (tertiary/aromatic N) is 2. The van der Waals surface area contributed by atoms with E-state index in [0.717, 1.165) is 4.90 Å². The van der Waals surface area contributed by atoms with E-state index >= 15 is 0 Å². The van der Waals surface area contributed by atoms with Gasteiger partial charge in [0.2, 0.25) is 5.96 Å². The minimum atomic E-state index is -0.432. The summed E-state index contributed by atoms with van der Waals surface area (Å²) in [6.45, 7) is 2.27. The largest absolute Gasteiger partial charge is 0.369 e. The molecule has 0 aromatic carbocycles. The number of pyridine rings is 1. The summed E-state index contributed by atoms with van der Waals surface area (Å²) in [7, 11) is 0. The molecule has 6 heteroatoms. The van der Waals surface area contributed by atoms with Gasteiger partial charge in [0, 0.05) is 12.7 Å². The maximum atomic E-state index is 11.6. The number of nitrogens with two attached hydrogens (primary N) is 1. The quantitative estimate of drug-likeness (QED) is 0.487. The summed E-state index contributed by atoms with van der Waals surface area (Å²) in [4.78, 5) is 16.5. The molecule has 0 atom stereocenters. The minimum absolute atomic E-state index is 0.339. The van der Waals surface area contributed by atoms with Crippen molar-refractivity contribution in [3.8, 4) is 0 Å². The van der Waals surface area contributed by atoms with Gasteiger partial charge in [-0.1, -0.05) is 0 Å². The van der Waals surface area contributed by atoms with Gasteiger partial charge in [0.25, 0.3) is 0 Å². The van der Waals surface area contributed by atoms with E-state index in [4.69, 9.17) is 11.1 Å². The van der Waals surface area contributed by atoms with Crippen LogP contribution in [-0.4, -0.2) is 23.5 Å². The van der Waals surface area contributed by atoms with Crippen molar-refractivity contribution in [1.29, 1.82) is 5.41 Å². The van der Waals surface area contributed by atoms with Crippen molar-refractivity contribution in [1.82, 2.24) is 10.3 Å². The van der Waals surface area contributed by atoms with E-state index in [0.29, 0.717) is 12.2 Å². The number of carbonyl (C=O) groups excluding carboxylic acids is 1. The number of carbonyl (C=O) groups is 1. The van der Waals surface area contributed by atoms with Crippen LogP contribution < -0.4 is 16.0 Å². The number of anilines is 1. The van der Waals surface area contributed by atoms with Crippen LogP contribution in [0.25, 0.3) is 0 Å². The molecule has 0 unspecified atom stereocenters. The smallest absolute Gasteiger partial charge is 0.328 e. The number of guanidine groups is 1. The highest BCUT2D eigenvalue weighted by Gasteiger charge is 2.17. The maximum absolute atomic E-state index is 11.6. The Labute approximate surface area is 87.6 Å². The SMILES string of the molecule is CCNC(=O)N(C(=N)N)c1cccnc1. The first kappa shape index (κ1) is 11.0. The van der Waals surface area contributed by atoms with Crippen molar-refractivity contribution in [3.05, 3.63) is 24.5 Å². The Hall–Kier alpha value is -2.11. The molecule has 0 saturated carbocycles. The van der Waals surface area contributed by atoms with Gasteiger partial charge in [0.15, 0.2) is 0 Å². The second-order valence-electron chi connectivity index (χ2n) is 2.77. The number of amides is 2. The Morgan fingerprint density at radius 2 is 2.47 bits per heavy atom. The molecule has 0 aliphatic rings. The summed E-state index contributed by atoms with van der Waals surface area (Å²) in [6.07, 6.45) is 3.05. The van der Waals surface area contributed by atoms with Crippen LogP contribution in [0.1, 0.15) is 6.92 Å². The van der Waals surface area contributed by atoms with E-state index in [1.807, 2.05) is 0 Å². The van der Waals surface area contributed by atoms with Crippen LogP contribution in [0.3, 0.4) is 0 Å². The second-order valence-corrected chi connectivity index (χ2v) is 2.77. The molecule has 2 amide bonds. The first-order valence-corrected chi connectivity index (χ1v) is 4.48. The van der Waals surface area contributed by atoms with Crippen molar-refractivity contribution >= 4 is 17.7 Å². The van der Waals surface area contributed by atoms with Gasteiger partial charge in [-0.05, 0) is 19.1 Å². The Kier molecular flexibility index (Phi) is 3.61. The minimum Gasteiger partial charge on any atom is -0.369 e. The second kappa shape index (κ2) is 4.94. The summed E-state index contributed by atoms with van der Waals surface area (Å²) in [6, 6.07) is 2.90. The van der Waals surface area contributed by atoms with Crippen molar-refractivity contribution < 1.29 is 4.79 Å². The van der Waals surface area contributed by atoms with Crippen LogP contribution >= 0.6 is 0 Å². The molecule has 0 aliphatic carbocycles. The van der Waals surface area contributed by atoms with Crippen LogP contribution in [0.5, 0.6) is 0 Å². The van der Waals surface area contributed by atoms with Gasteiger partial charge in [-0.25, -0.2) is 9.69 Å². The number of hydrogen-bond acceptors (Lipinski definition) is 3. The normalized spacial score (nSPS) is 9.40. The Morgan fingerprint density at radius 1 is 1.73 bits per heavy atom. The Balaban J connectivity index is 2.94. The van der Waals surface area contributed by atoms with Gasteiger partial charge in [0.05, 0.1) is 11.9 Å². The van der Waals surface area contributed by atoms with Crippen LogP contribution in [0.2, 0.25) is 0 Å². The number of aromatic nitrogens is 1. The Bertz CT molecular complexity index is 351. The van der Waals surface area contributed by atoms with Crippen molar-refractivity contribution in [2.45, 2.75) is 6.92 Å². The molecule has 0 saturated heterocycles. The molecule has 4 N–H and O–H groups in total. The highest BCUT2D eigenvalue weighted by Crippen LogP contribution is 2.10. The van der Waals surface area contributed by atoms with Gasteiger partial charge in [-0.15, -0.1) is 0 Å². The maximum Gasteiger partial charge on any atom is 0.328 e. The molecular formula is C9H13N5O. The van der Waals surface area contributed by atoms with E-state index in [1.54, 1.807) is 25.3 Å². The Morgan fingerprint density at radius 3 is 2.93 bits per heavy atom. The average Bonchev–Trinajstić information content (AvgIpc) is 2.19. The van der Waals surface area contributed by atoms with E-state index in [2.05, 4.69) is 10.3 Å². The zero-order valence-corrected chi connectivity index (χ0v) is 8.40. The number of urea groups is 1. The van der Waals surface area contributed by atoms with E-state index < -0.39 is 6.03 Å². The van der Waals surface area contributed by atoms with E-state index in [-0.39, 0.29) is 5.96 Å². The van der Waals surface area contributed by atoms with Gasteiger partial charge in [0.1, 0.15) is 0 Å². The fourth-order valence-corrected chi connectivity index (χ4v) is 1.08. The third-order valence-corrected chi connectivity index (χ3v) is 1.68. The molecule has 1 aromatic rings. The topological polar surface area (TPSA) is 95.1 Å². The molecule has 0 spiro atoms. The number of rotatable bonds is 2. The molecule has 0 aliphatic heterocycles. The van der Waals surface area contributed by atoms with Crippen LogP contribution in [-0.2, 0) is 0 Å². The summed E-state index contributed by atoms with van der Waals surface area (Å²) in [5.41, 5.74) is 5.79. The summed E-state index contributed by atoms with van der Waals surface area (Å²) in [5.74, 6) is -0.339. The molecular weight excluding hydrogens is 194 g/mol. The molecule has 0 bridgehead atoms. The third kappa shape index (κ3) is 2.67. The lowest BCUT2D eigenvalue weighted by atomic mass is 10.4. The molecule has 1 aromatic heterocycles. The highest BCUT2D eigenvalue weighted by atomic mass is 16.2. The lowest BCUT2D eigenvalue weighted by Crippen LogP contribution is -2.47. The molecule has 6 nitrogen and oxygen atoms in total. The predicted molar refractivity (Wildman–Crippen MR) is 57.7 cm³/mol. The fourth-order valence-electron chi connectivity index (χ4n) is 1.08. The third-order valence-electron chi connectivity index (χ3n) is 1.68. The van der Waals surface area contributed by atoms with Crippen LogP contribution in [0.4, 0.5) is 10.5 Å². The molecule has 0 fully saturated rings. The van der Waals surface area contributed by atoms with Gasteiger partial charge in [-0.2, -0.15) is 0 Å². The van der Waals surface area contributed by atoms with Crippen LogP contribution in [0.15, 0.2) is 24.5 Å². The van der Waals surface area contributed by atoms with Crippen molar-refractivity contribution in [2.75, 3.05) is 11.4 Å². The summed E-state index contributed by atoms with van der Waals surface area (Å²) >= 11 is 0. The van der Waals surface area contributed by atoms with Gasteiger partial charge >= 0.3 is 6.03 Å².